The van der Waals surface area contributed by atoms with E-state index in [-0.39, 0.29) is 18.1 Å². The van der Waals surface area contributed by atoms with Crippen molar-refractivity contribution in [2.75, 3.05) is 18.8 Å². The van der Waals surface area contributed by atoms with Crippen molar-refractivity contribution in [2.45, 2.75) is 64.3 Å². The van der Waals surface area contributed by atoms with Gasteiger partial charge in [0.2, 0.25) is 15.9 Å². The second kappa shape index (κ2) is 9.87. The fourth-order valence-corrected chi connectivity index (χ4v) is 4.54. The Bertz CT molecular complexity index is 492. The highest BCUT2D eigenvalue weighted by Crippen LogP contribution is 2.22. The SMILES string of the molecule is CCCS(=O)(=O)N1CCCC1C(=O)NCCCCCCC(=O)O. The largest absolute Gasteiger partial charge is 0.481 e. The van der Waals surface area contributed by atoms with Crippen molar-refractivity contribution in [3.05, 3.63) is 0 Å². The average Bonchev–Trinajstić information content (AvgIpc) is 2.96. The Kier molecular flexibility index (Phi) is 8.54. The van der Waals surface area contributed by atoms with E-state index < -0.39 is 22.0 Å². The van der Waals surface area contributed by atoms with Crippen molar-refractivity contribution < 1.29 is 23.1 Å². The first-order valence-electron chi connectivity index (χ1n) is 8.37. The van der Waals surface area contributed by atoms with E-state index in [9.17, 15) is 18.0 Å². The van der Waals surface area contributed by atoms with Crippen LogP contribution in [-0.4, -0.2) is 54.6 Å². The van der Waals surface area contributed by atoms with E-state index >= 15 is 0 Å². The Labute approximate surface area is 138 Å². The zero-order valence-corrected chi connectivity index (χ0v) is 14.6. The van der Waals surface area contributed by atoms with Crippen LogP contribution in [-0.2, 0) is 19.6 Å². The molecule has 0 aliphatic carbocycles. The smallest absolute Gasteiger partial charge is 0.303 e. The molecule has 1 fully saturated rings. The quantitative estimate of drug-likeness (QED) is 0.548. The molecule has 8 heteroatoms. The van der Waals surface area contributed by atoms with Crippen molar-refractivity contribution in [2.24, 2.45) is 0 Å². The highest BCUT2D eigenvalue weighted by Gasteiger charge is 2.37. The van der Waals surface area contributed by atoms with Crippen LogP contribution in [0.3, 0.4) is 0 Å². The summed E-state index contributed by atoms with van der Waals surface area (Å²) in [5, 5.41) is 11.3. The maximum absolute atomic E-state index is 12.2. The number of nitrogens with one attached hydrogen (secondary N) is 1. The van der Waals surface area contributed by atoms with E-state index in [1.54, 1.807) is 0 Å². The maximum atomic E-state index is 12.2. The number of carboxylic acids is 1. The van der Waals surface area contributed by atoms with Gasteiger partial charge >= 0.3 is 5.97 Å². The van der Waals surface area contributed by atoms with Crippen molar-refractivity contribution >= 4 is 21.9 Å². The molecule has 1 amide bonds. The molecule has 0 spiro atoms. The fourth-order valence-electron chi connectivity index (χ4n) is 2.79. The number of unbranched alkanes of at least 4 members (excludes halogenated alkanes) is 3. The normalized spacial score (nSPS) is 18.9. The highest BCUT2D eigenvalue weighted by molar-refractivity contribution is 7.89. The van der Waals surface area contributed by atoms with Crippen LogP contribution in [0.2, 0.25) is 0 Å². The first-order valence-corrected chi connectivity index (χ1v) is 9.98. The van der Waals surface area contributed by atoms with Crippen molar-refractivity contribution in [3.8, 4) is 0 Å². The first-order chi connectivity index (χ1) is 10.9. The average molecular weight is 348 g/mol. The summed E-state index contributed by atoms with van der Waals surface area (Å²) in [6.07, 6.45) is 5.12. The molecule has 0 aromatic heterocycles. The van der Waals surface area contributed by atoms with Crippen molar-refractivity contribution in [1.29, 1.82) is 0 Å². The second-order valence-electron chi connectivity index (χ2n) is 5.93. The monoisotopic (exact) mass is 348 g/mol. The molecule has 1 saturated heterocycles. The van der Waals surface area contributed by atoms with Gasteiger partial charge in [0.25, 0.3) is 0 Å². The lowest BCUT2D eigenvalue weighted by Gasteiger charge is -2.23. The van der Waals surface area contributed by atoms with Gasteiger partial charge in [-0.05, 0) is 32.1 Å². The number of aliphatic carboxylic acids is 1. The van der Waals surface area contributed by atoms with Gasteiger partial charge in [-0.2, -0.15) is 4.31 Å². The molecule has 0 aromatic rings. The lowest BCUT2D eigenvalue weighted by molar-refractivity contribution is -0.137. The number of rotatable bonds is 11. The molecule has 1 aliphatic rings. The molecule has 0 saturated carbocycles. The van der Waals surface area contributed by atoms with Gasteiger partial charge in [-0.1, -0.05) is 19.8 Å². The summed E-state index contributed by atoms with van der Waals surface area (Å²) in [7, 11) is -3.34. The van der Waals surface area contributed by atoms with Crippen LogP contribution in [0, 0.1) is 0 Å². The van der Waals surface area contributed by atoms with Gasteiger partial charge in [-0.25, -0.2) is 8.42 Å². The molecule has 1 atom stereocenters. The van der Waals surface area contributed by atoms with Crippen LogP contribution < -0.4 is 5.32 Å². The van der Waals surface area contributed by atoms with Crippen LogP contribution in [0.15, 0.2) is 0 Å². The summed E-state index contributed by atoms with van der Waals surface area (Å²) in [6.45, 7) is 2.74. The summed E-state index contributed by atoms with van der Waals surface area (Å²) >= 11 is 0. The summed E-state index contributed by atoms with van der Waals surface area (Å²) < 4.78 is 25.6. The third-order valence-electron chi connectivity index (χ3n) is 3.94. The van der Waals surface area contributed by atoms with Gasteiger partial charge in [0.1, 0.15) is 6.04 Å². The first kappa shape index (κ1) is 19.9. The van der Waals surface area contributed by atoms with Gasteiger partial charge in [-0.15, -0.1) is 0 Å². The number of hydrogen-bond acceptors (Lipinski definition) is 4. The van der Waals surface area contributed by atoms with Gasteiger partial charge < -0.3 is 10.4 Å². The van der Waals surface area contributed by atoms with Crippen LogP contribution in [0.5, 0.6) is 0 Å². The Morgan fingerprint density at radius 1 is 1.22 bits per heavy atom. The van der Waals surface area contributed by atoms with Crippen LogP contribution in [0.1, 0.15) is 58.3 Å². The topological polar surface area (TPSA) is 104 Å². The van der Waals surface area contributed by atoms with E-state index in [2.05, 4.69) is 5.32 Å². The molecule has 0 bridgehead atoms. The van der Waals surface area contributed by atoms with E-state index in [4.69, 9.17) is 5.11 Å². The van der Waals surface area contributed by atoms with Crippen molar-refractivity contribution in [3.63, 3.8) is 0 Å². The molecule has 0 aromatic carbocycles. The van der Waals surface area contributed by atoms with Crippen LogP contribution in [0.4, 0.5) is 0 Å². The Morgan fingerprint density at radius 2 is 1.91 bits per heavy atom. The highest BCUT2D eigenvalue weighted by atomic mass is 32.2. The fraction of sp³-hybridized carbons (Fsp3) is 0.867. The number of amides is 1. The van der Waals surface area contributed by atoms with Gasteiger partial charge in [0, 0.05) is 19.5 Å². The molecule has 7 nitrogen and oxygen atoms in total. The Morgan fingerprint density at radius 3 is 2.57 bits per heavy atom. The number of carbonyl (C=O) groups is 2. The standard InChI is InChI=1S/C15H28N2O5S/c1-2-12-23(21,22)17-11-7-8-13(17)15(20)16-10-6-4-3-5-9-14(18)19/h13H,2-12H2,1H3,(H,16,20)(H,18,19). The molecule has 23 heavy (non-hydrogen) atoms. The number of carbonyl (C=O) groups excluding carboxylic acids is 1. The molecular weight excluding hydrogens is 320 g/mol. The van der Waals surface area contributed by atoms with Gasteiger partial charge in [-0.3, -0.25) is 9.59 Å². The Hall–Kier alpha value is -1.15. The number of sulfonamides is 1. The number of hydrogen-bond donors (Lipinski definition) is 2. The third-order valence-corrected chi connectivity index (χ3v) is 6.02. The lowest BCUT2D eigenvalue weighted by Crippen LogP contribution is -2.46. The Balaban J connectivity index is 2.30. The van der Waals surface area contributed by atoms with E-state index in [0.29, 0.717) is 32.4 Å². The second-order valence-corrected chi connectivity index (χ2v) is 7.97. The number of carboxylic acid groups (broad SMARTS) is 1. The summed E-state index contributed by atoms with van der Waals surface area (Å²) in [5.41, 5.74) is 0. The molecule has 1 aliphatic heterocycles. The summed E-state index contributed by atoms with van der Waals surface area (Å²) in [6, 6.07) is -0.571. The predicted octanol–water partition coefficient (Wildman–Crippen LogP) is 1.34. The minimum Gasteiger partial charge on any atom is -0.481 e. The van der Waals surface area contributed by atoms with Crippen LogP contribution in [0.25, 0.3) is 0 Å². The zero-order valence-electron chi connectivity index (χ0n) is 13.8. The van der Waals surface area contributed by atoms with Crippen molar-refractivity contribution in [1.82, 2.24) is 9.62 Å². The number of nitrogens with zero attached hydrogens (tertiary/aromatic N) is 1. The minimum absolute atomic E-state index is 0.0837. The summed E-state index contributed by atoms with van der Waals surface area (Å²) in [5.74, 6) is -0.916. The van der Waals surface area contributed by atoms with E-state index in [1.807, 2.05) is 6.92 Å². The predicted molar refractivity (Wildman–Crippen MR) is 87.5 cm³/mol. The van der Waals surface area contributed by atoms with E-state index in [1.165, 1.54) is 4.31 Å². The maximum Gasteiger partial charge on any atom is 0.303 e. The molecule has 0 radical (unpaired) electrons. The molecule has 1 unspecified atom stereocenters. The lowest BCUT2D eigenvalue weighted by atomic mass is 10.1. The molecule has 1 heterocycles. The molecule has 1 rings (SSSR count). The van der Waals surface area contributed by atoms with Gasteiger partial charge in [0.15, 0.2) is 0 Å². The van der Waals surface area contributed by atoms with E-state index in [0.717, 1.165) is 25.7 Å². The zero-order chi connectivity index (χ0) is 17.3. The molecule has 134 valence electrons. The third kappa shape index (κ3) is 6.87. The molecular formula is C15H28N2O5S. The minimum atomic E-state index is -3.34. The molecule has 2 N–H and O–H groups in total. The van der Waals surface area contributed by atoms with Crippen LogP contribution >= 0.6 is 0 Å². The van der Waals surface area contributed by atoms with Gasteiger partial charge in [0.05, 0.1) is 5.75 Å². The summed E-state index contributed by atoms with van der Waals surface area (Å²) in [4.78, 5) is 22.6.